The first-order chi connectivity index (χ1) is 9.99. The van der Waals surface area contributed by atoms with Crippen LogP contribution in [0.2, 0.25) is 0 Å². The SMILES string of the molecule is NC(=S)c1ccc(S(=O)(=O)CCN2CCCCCC2)cc1. The standard InChI is InChI=1S/C15H22N2O2S2/c16-15(20)13-5-7-14(8-6-13)21(18,19)12-11-17-9-3-1-2-4-10-17/h5-8H,1-4,9-12H2,(H2,16,20). The molecule has 1 aromatic rings. The Labute approximate surface area is 132 Å². The number of hydrogen-bond donors (Lipinski definition) is 1. The van der Waals surface area contributed by atoms with E-state index in [0.29, 0.717) is 17.0 Å². The molecule has 2 N–H and O–H groups in total. The van der Waals surface area contributed by atoms with Crippen LogP contribution >= 0.6 is 12.2 Å². The van der Waals surface area contributed by atoms with Crippen LogP contribution in [-0.2, 0) is 9.84 Å². The molecule has 6 heteroatoms. The quantitative estimate of drug-likeness (QED) is 0.838. The van der Waals surface area contributed by atoms with Crippen molar-refractivity contribution in [1.29, 1.82) is 0 Å². The molecule has 0 spiro atoms. The molecule has 4 nitrogen and oxygen atoms in total. The Morgan fingerprint density at radius 2 is 1.67 bits per heavy atom. The first-order valence-corrected chi connectivity index (χ1v) is 9.40. The van der Waals surface area contributed by atoms with E-state index in [1.807, 2.05) is 0 Å². The van der Waals surface area contributed by atoms with Crippen molar-refractivity contribution in [2.75, 3.05) is 25.4 Å². The molecule has 21 heavy (non-hydrogen) atoms. The van der Waals surface area contributed by atoms with Gasteiger partial charge in [0.1, 0.15) is 4.99 Å². The van der Waals surface area contributed by atoms with Gasteiger partial charge in [0.15, 0.2) is 9.84 Å². The summed E-state index contributed by atoms with van der Waals surface area (Å²) in [5.41, 5.74) is 6.21. The molecule has 0 bridgehead atoms. The minimum absolute atomic E-state index is 0.166. The van der Waals surface area contributed by atoms with Crippen LogP contribution in [0.1, 0.15) is 31.2 Å². The molecule has 0 atom stereocenters. The van der Waals surface area contributed by atoms with E-state index in [9.17, 15) is 8.42 Å². The van der Waals surface area contributed by atoms with Crippen molar-refractivity contribution in [3.63, 3.8) is 0 Å². The lowest BCUT2D eigenvalue weighted by Crippen LogP contribution is -2.30. The molecule has 1 saturated heterocycles. The number of rotatable bonds is 5. The van der Waals surface area contributed by atoms with Gasteiger partial charge in [0, 0.05) is 12.1 Å². The third-order valence-corrected chi connectivity index (χ3v) is 5.82. The van der Waals surface area contributed by atoms with Gasteiger partial charge in [-0.05, 0) is 38.1 Å². The molecular formula is C15H22N2O2S2. The molecule has 116 valence electrons. The van der Waals surface area contributed by atoms with Gasteiger partial charge < -0.3 is 10.6 Å². The van der Waals surface area contributed by atoms with Crippen LogP contribution in [0.4, 0.5) is 0 Å². The summed E-state index contributed by atoms with van der Waals surface area (Å²) in [6.07, 6.45) is 4.85. The van der Waals surface area contributed by atoms with Crippen molar-refractivity contribution in [3.8, 4) is 0 Å². The Balaban J connectivity index is 1.98. The van der Waals surface area contributed by atoms with Gasteiger partial charge in [0.05, 0.1) is 10.6 Å². The van der Waals surface area contributed by atoms with Gasteiger partial charge in [-0.15, -0.1) is 0 Å². The van der Waals surface area contributed by atoms with Crippen LogP contribution in [0.25, 0.3) is 0 Å². The van der Waals surface area contributed by atoms with Crippen molar-refractivity contribution in [3.05, 3.63) is 29.8 Å². The molecule has 1 heterocycles. The Morgan fingerprint density at radius 3 is 2.19 bits per heavy atom. The van der Waals surface area contributed by atoms with Crippen molar-refractivity contribution in [2.45, 2.75) is 30.6 Å². The number of thiocarbonyl (C=S) groups is 1. The van der Waals surface area contributed by atoms with Crippen LogP contribution in [0, 0.1) is 0 Å². The van der Waals surface area contributed by atoms with E-state index < -0.39 is 9.84 Å². The lowest BCUT2D eigenvalue weighted by molar-refractivity contribution is 0.301. The number of likely N-dealkylation sites (tertiary alicyclic amines) is 1. The number of nitrogens with two attached hydrogens (primary N) is 1. The van der Waals surface area contributed by atoms with Crippen molar-refractivity contribution >= 4 is 27.0 Å². The summed E-state index contributed by atoms with van der Waals surface area (Å²) in [5, 5.41) is 0. The average Bonchev–Trinajstić information content (AvgIpc) is 2.74. The zero-order valence-corrected chi connectivity index (χ0v) is 13.8. The van der Waals surface area contributed by atoms with Gasteiger partial charge in [-0.1, -0.05) is 37.2 Å². The molecule has 0 unspecified atom stereocenters. The minimum Gasteiger partial charge on any atom is -0.389 e. The molecule has 1 aromatic carbocycles. The van der Waals surface area contributed by atoms with Crippen LogP contribution in [-0.4, -0.2) is 43.7 Å². The maximum Gasteiger partial charge on any atom is 0.179 e. The third-order valence-electron chi connectivity index (χ3n) is 3.87. The monoisotopic (exact) mass is 326 g/mol. The predicted molar refractivity (Wildman–Crippen MR) is 89.3 cm³/mol. The summed E-state index contributed by atoms with van der Waals surface area (Å²) in [7, 11) is -3.24. The van der Waals surface area contributed by atoms with Crippen molar-refractivity contribution in [2.24, 2.45) is 5.73 Å². The molecule has 1 fully saturated rings. The Hall–Kier alpha value is -0.980. The van der Waals surface area contributed by atoms with E-state index in [1.54, 1.807) is 24.3 Å². The Bertz CT molecular complexity index is 574. The fourth-order valence-corrected chi connectivity index (χ4v) is 3.97. The number of hydrogen-bond acceptors (Lipinski definition) is 4. The number of nitrogens with zero attached hydrogens (tertiary/aromatic N) is 1. The van der Waals surface area contributed by atoms with E-state index in [2.05, 4.69) is 4.90 Å². The molecule has 0 aliphatic carbocycles. The van der Waals surface area contributed by atoms with Crippen molar-refractivity contribution in [1.82, 2.24) is 4.90 Å². The molecule has 1 aliphatic heterocycles. The molecule has 0 aromatic heterocycles. The Kier molecular flexibility index (Phi) is 5.72. The second-order valence-corrected chi connectivity index (χ2v) is 8.01. The van der Waals surface area contributed by atoms with Gasteiger partial charge in [-0.25, -0.2) is 8.42 Å². The zero-order valence-electron chi connectivity index (χ0n) is 12.1. The van der Waals surface area contributed by atoms with Gasteiger partial charge in [0.25, 0.3) is 0 Å². The van der Waals surface area contributed by atoms with Gasteiger partial charge in [-0.2, -0.15) is 0 Å². The second-order valence-electron chi connectivity index (χ2n) is 5.46. The molecule has 2 rings (SSSR count). The fraction of sp³-hybridized carbons (Fsp3) is 0.533. The third kappa shape index (κ3) is 4.76. The van der Waals surface area contributed by atoms with Gasteiger partial charge in [0.2, 0.25) is 0 Å². The molecular weight excluding hydrogens is 304 g/mol. The summed E-state index contributed by atoms with van der Waals surface area (Å²) in [5.74, 6) is 0.166. The maximum atomic E-state index is 12.4. The first-order valence-electron chi connectivity index (χ1n) is 7.34. The largest absolute Gasteiger partial charge is 0.389 e. The maximum absolute atomic E-state index is 12.4. The molecule has 0 saturated carbocycles. The van der Waals surface area contributed by atoms with E-state index >= 15 is 0 Å². The second kappa shape index (κ2) is 7.33. The predicted octanol–water partition coefficient (Wildman–Crippen LogP) is 1.97. The zero-order chi connectivity index (χ0) is 15.3. The highest BCUT2D eigenvalue weighted by molar-refractivity contribution is 7.91. The smallest absolute Gasteiger partial charge is 0.179 e. The fourth-order valence-electron chi connectivity index (χ4n) is 2.55. The van der Waals surface area contributed by atoms with Gasteiger partial charge >= 0.3 is 0 Å². The van der Waals surface area contributed by atoms with Crippen molar-refractivity contribution < 1.29 is 8.42 Å². The van der Waals surface area contributed by atoms with Crippen LogP contribution in [0.3, 0.4) is 0 Å². The lowest BCUT2D eigenvalue weighted by Gasteiger charge is -2.19. The minimum atomic E-state index is -3.24. The normalized spacial score (nSPS) is 17.3. The average molecular weight is 326 g/mol. The van der Waals surface area contributed by atoms with E-state index in [0.717, 1.165) is 13.1 Å². The summed E-state index contributed by atoms with van der Waals surface area (Å²) >= 11 is 4.87. The lowest BCUT2D eigenvalue weighted by atomic mass is 10.2. The molecule has 0 radical (unpaired) electrons. The summed E-state index contributed by atoms with van der Waals surface area (Å²) in [6, 6.07) is 6.51. The first kappa shape index (κ1) is 16.4. The van der Waals surface area contributed by atoms with E-state index in [-0.39, 0.29) is 10.7 Å². The highest BCUT2D eigenvalue weighted by Gasteiger charge is 2.17. The topological polar surface area (TPSA) is 63.4 Å². The van der Waals surface area contributed by atoms with Crippen LogP contribution < -0.4 is 5.73 Å². The highest BCUT2D eigenvalue weighted by atomic mass is 32.2. The number of benzene rings is 1. The van der Waals surface area contributed by atoms with E-state index in [4.69, 9.17) is 18.0 Å². The summed E-state index contributed by atoms with van der Waals surface area (Å²) < 4.78 is 24.7. The van der Waals surface area contributed by atoms with E-state index in [1.165, 1.54) is 25.7 Å². The summed E-state index contributed by atoms with van der Waals surface area (Å²) in [4.78, 5) is 2.88. The highest BCUT2D eigenvalue weighted by Crippen LogP contribution is 2.14. The molecule has 1 aliphatic rings. The van der Waals surface area contributed by atoms with Gasteiger partial charge in [-0.3, -0.25) is 0 Å². The Morgan fingerprint density at radius 1 is 1.10 bits per heavy atom. The number of sulfone groups is 1. The van der Waals surface area contributed by atoms with Crippen LogP contribution in [0.5, 0.6) is 0 Å². The summed E-state index contributed by atoms with van der Waals surface area (Å²) in [6.45, 7) is 2.63. The van der Waals surface area contributed by atoms with Crippen LogP contribution in [0.15, 0.2) is 29.2 Å². The molecule has 0 amide bonds.